The molecule has 0 atom stereocenters. The normalized spacial score (nSPS) is 10.6. The fourth-order valence-corrected chi connectivity index (χ4v) is 3.29. The molecule has 0 radical (unpaired) electrons. The molecule has 0 saturated heterocycles. The third kappa shape index (κ3) is 3.97. The van der Waals surface area contributed by atoms with Crippen LogP contribution in [0.3, 0.4) is 0 Å². The number of para-hydroxylation sites is 1. The second kappa shape index (κ2) is 8.08. The van der Waals surface area contributed by atoms with Gasteiger partial charge in [-0.15, -0.1) is 0 Å². The summed E-state index contributed by atoms with van der Waals surface area (Å²) in [5.74, 6) is -2.04. The summed E-state index contributed by atoms with van der Waals surface area (Å²) >= 11 is 0. The lowest BCUT2D eigenvalue weighted by atomic mass is 10.1. The molecular formula is C24H16N2O5. The number of fused-ring (bicyclic) bond motifs is 4. The molecule has 7 heteroatoms. The maximum Gasteiger partial charge on any atom is 0.354 e. The zero-order valence-corrected chi connectivity index (χ0v) is 16.1. The van der Waals surface area contributed by atoms with Crippen LogP contribution in [0.1, 0.15) is 21.0 Å². The summed E-state index contributed by atoms with van der Waals surface area (Å²) in [6, 6.07) is 22.6. The van der Waals surface area contributed by atoms with Crippen LogP contribution in [0, 0.1) is 0 Å². The van der Waals surface area contributed by atoms with Crippen LogP contribution in [0.15, 0.2) is 83.7 Å². The first-order valence-electron chi connectivity index (χ1n) is 9.31. The zero-order valence-electron chi connectivity index (χ0n) is 16.1. The maximum atomic E-state index is 11.9. The topological polar surface area (TPSA) is 120 Å². The van der Waals surface area contributed by atoms with E-state index in [1.54, 1.807) is 24.3 Å². The van der Waals surface area contributed by atoms with Crippen molar-refractivity contribution < 1.29 is 19.8 Å². The van der Waals surface area contributed by atoms with Crippen molar-refractivity contribution in [1.82, 2.24) is 9.97 Å². The van der Waals surface area contributed by atoms with E-state index in [0.29, 0.717) is 16.4 Å². The molecule has 2 heterocycles. The number of aromatic carboxylic acids is 2. The molecule has 0 aliphatic heterocycles. The van der Waals surface area contributed by atoms with Gasteiger partial charge >= 0.3 is 11.9 Å². The third-order valence-electron chi connectivity index (χ3n) is 4.78. The molecule has 152 valence electrons. The Morgan fingerprint density at radius 3 is 2.16 bits per heavy atom. The Morgan fingerprint density at radius 2 is 1.39 bits per heavy atom. The lowest BCUT2D eigenvalue weighted by molar-refractivity contribution is 0.0680. The van der Waals surface area contributed by atoms with Crippen LogP contribution in [-0.4, -0.2) is 32.1 Å². The minimum Gasteiger partial charge on any atom is -0.477 e. The van der Waals surface area contributed by atoms with E-state index in [2.05, 4.69) is 9.97 Å². The van der Waals surface area contributed by atoms with Crippen molar-refractivity contribution in [2.75, 3.05) is 0 Å². The van der Waals surface area contributed by atoms with E-state index < -0.39 is 11.9 Å². The fraction of sp³-hybridized carbons (Fsp3) is 0. The number of hydrogen-bond acceptors (Lipinski definition) is 4. The van der Waals surface area contributed by atoms with E-state index in [1.807, 2.05) is 36.4 Å². The van der Waals surface area contributed by atoms with E-state index in [4.69, 9.17) is 10.2 Å². The number of carbonyl (C=O) groups is 2. The Kier molecular flexibility index (Phi) is 5.15. The molecule has 2 aromatic heterocycles. The number of carboxylic acid groups (broad SMARTS) is 2. The highest BCUT2D eigenvalue weighted by Gasteiger charge is 2.08. The third-order valence-corrected chi connectivity index (χ3v) is 4.78. The van der Waals surface area contributed by atoms with Gasteiger partial charge in [0.15, 0.2) is 5.43 Å². The number of nitrogens with one attached hydrogen (secondary N) is 1. The molecule has 0 bridgehead atoms. The number of H-pyrrole nitrogens is 1. The summed E-state index contributed by atoms with van der Waals surface area (Å²) < 4.78 is 0. The molecule has 0 amide bonds. The minimum atomic E-state index is -1.04. The summed E-state index contributed by atoms with van der Waals surface area (Å²) in [6.07, 6.45) is 0. The quantitative estimate of drug-likeness (QED) is 0.372. The first-order valence-corrected chi connectivity index (χ1v) is 9.31. The largest absolute Gasteiger partial charge is 0.477 e. The van der Waals surface area contributed by atoms with Crippen molar-refractivity contribution in [3.63, 3.8) is 0 Å². The van der Waals surface area contributed by atoms with E-state index in [1.165, 1.54) is 18.2 Å². The number of hydrogen-bond donors (Lipinski definition) is 3. The van der Waals surface area contributed by atoms with Gasteiger partial charge in [0.1, 0.15) is 11.4 Å². The summed E-state index contributed by atoms with van der Waals surface area (Å²) in [6.45, 7) is 0. The molecule has 0 aliphatic carbocycles. The monoisotopic (exact) mass is 412 g/mol. The number of nitrogens with zero attached hydrogens (tertiary/aromatic N) is 1. The average Bonchev–Trinajstić information content (AvgIpc) is 2.78. The zero-order chi connectivity index (χ0) is 22.0. The van der Waals surface area contributed by atoms with Gasteiger partial charge in [-0.05, 0) is 35.0 Å². The van der Waals surface area contributed by atoms with E-state index in [0.717, 1.165) is 16.2 Å². The highest BCUT2D eigenvalue weighted by Crippen LogP contribution is 2.21. The van der Waals surface area contributed by atoms with Gasteiger partial charge in [0.05, 0.1) is 16.4 Å². The lowest BCUT2D eigenvalue weighted by Crippen LogP contribution is -2.03. The molecule has 3 aromatic carbocycles. The number of rotatable bonds is 2. The Balaban J connectivity index is 0.000000158. The number of pyridine rings is 2. The number of carboxylic acids is 2. The standard InChI is InChI=1S/C14H9NO3.C10H7NO2/c16-11-3-1-2-8-4-5-9-6-7-10(14(17)18)15-13(9)12(8)11;12-10(13)9-6-5-7-3-1-2-4-8(7)11-9/h1-7,15H,(H,17,18);1-6H,(H,12,13). The summed E-state index contributed by atoms with van der Waals surface area (Å²) in [4.78, 5) is 40.2. The first kappa shape index (κ1) is 19.8. The van der Waals surface area contributed by atoms with Crippen LogP contribution in [0.25, 0.3) is 32.6 Å². The van der Waals surface area contributed by atoms with Crippen molar-refractivity contribution in [2.24, 2.45) is 0 Å². The SMILES string of the molecule is O=C(O)c1ccc2ccc3cccc(=O)c3c2[nH]1.O=C(O)c1ccc2ccccc2n1. The lowest BCUT2D eigenvalue weighted by Gasteiger charge is -2.04. The van der Waals surface area contributed by atoms with Crippen molar-refractivity contribution in [3.8, 4) is 0 Å². The summed E-state index contributed by atoms with van der Waals surface area (Å²) in [7, 11) is 0. The van der Waals surface area contributed by atoms with E-state index >= 15 is 0 Å². The highest BCUT2D eigenvalue weighted by molar-refractivity contribution is 6.06. The van der Waals surface area contributed by atoms with Crippen LogP contribution in [-0.2, 0) is 0 Å². The number of benzene rings is 3. The van der Waals surface area contributed by atoms with Gasteiger partial charge in [-0.1, -0.05) is 54.6 Å². The van der Waals surface area contributed by atoms with Crippen molar-refractivity contribution >= 4 is 44.5 Å². The first-order chi connectivity index (χ1) is 14.9. The molecule has 0 unspecified atom stereocenters. The molecule has 5 rings (SSSR count). The molecule has 31 heavy (non-hydrogen) atoms. The maximum absolute atomic E-state index is 11.9. The second-order valence-electron chi connectivity index (χ2n) is 6.76. The Morgan fingerprint density at radius 1 is 0.710 bits per heavy atom. The molecule has 0 spiro atoms. The number of aromatic nitrogens is 2. The minimum absolute atomic E-state index is 0.0678. The predicted molar refractivity (Wildman–Crippen MR) is 118 cm³/mol. The molecule has 0 fully saturated rings. The van der Waals surface area contributed by atoms with Gasteiger partial charge in [-0.2, -0.15) is 0 Å². The second-order valence-corrected chi connectivity index (χ2v) is 6.76. The molecule has 3 N–H and O–H groups in total. The fourth-order valence-electron chi connectivity index (χ4n) is 3.29. The van der Waals surface area contributed by atoms with Crippen molar-refractivity contribution in [1.29, 1.82) is 0 Å². The van der Waals surface area contributed by atoms with Gasteiger partial charge in [0, 0.05) is 5.39 Å². The van der Waals surface area contributed by atoms with Crippen molar-refractivity contribution in [3.05, 3.63) is 100 Å². The van der Waals surface area contributed by atoms with Crippen LogP contribution < -0.4 is 5.43 Å². The van der Waals surface area contributed by atoms with E-state index in [-0.39, 0.29) is 16.8 Å². The molecule has 0 aliphatic rings. The smallest absolute Gasteiger partial charge is 0.354 e. The van der Waals surface area contributed by atoms with Crippen LogP contribution in [0.5, 0.6) is 0 Å². The Bertz CT molecular complexity index is 1520. The van der Waals surface area contributed by atoms with Crippen LogP contribution in [0.2, 0.25) is 0 Å². The molecular weight excluding hydrogens is 396 g/mol. The Hall–Kier alpha value is -4.52. The van der Waals surface area contributed by atoms with Gasteiger partial charge in [0.2, 0.25) is 0 Å². The summed E-state index contributed by atoms with van der Waals surface area (Å²) in [5, 5.41) is 20.8. The van der Waals surface area contributed by atoms with Crippen molar-refractivity contribution in [2.45, 2.75) is 0 Å². The predicted octanol–water partition coefficient (Wildman–Crippen LogP) is 4.31. The highest BCUT2D eigenvalue weighted by atomic mass is 16.4. The molecule has 0 saturated carbocycles. The number of aromatic amines is 1. The Labute approximate surface area is 175 Å². The van der Waals surface area contributed by atoms with Gasteiger partial charge in [0.25, 0.3) is 0 Å². The van der Waals surface area contributed by atoms with Gasteiger partial charge in [-0.25, -0.2) is 14.6 Å². The molecule has 7 nitrogen and oxygen atoms in total. The van der Waals surface area contributed by atoms with Gasteiger partial charge < -0.3 is 15.2 Å². The summed E-state index contributed by atoms with van der Waals surface area (Å²) in [5.41, 5.74) is 1.31. The average molecular weight is 412 g/mol. The van der Waals surface area contributed by atoms with Crippen LogP contribution >= 0.6 is 0 Å². The van der Waals surface area contributed by atoms with Gasteiger partial charge in [-0.3, -0.25) is 4.79 Å². The molecule has 5 aromatic rings. The van der Waals surface area contributed by atoms with Crippen LogP contribution in [0.4, 0.5) is 0 Å². The van der Waals surface area contributed by atoms with E-state index in [9.17, 15) is 14.4 Å².